The van der Waals surface area contributed by atoms with Crippen molar-refractivity contribution in [2.45, 2.75) is 52.9 Å². The van der Waals surface area contributed by atoms with E-state index in [1.54, 1.807) is 4.90 Å². The maximum absolute atomic E-state index is 12.9. The molecule has 4 heteroatoms. The Morgan fingerprint density at radius 3 is 2.45 bits per heavy atom. The second kappa shape index (κ2) is 4.55. The van der Waals surface area contributed by atoms with Crippen molar-refractivity contribution in [3.8, 4) is 0 Å². The van der Waals surface area contributed by atoms with E-state index in [9.17, 15) is 9.59 Å². The number of hydrogen-bond acceptors (Lipinski definition) is 2. The molecule has 3 aliphatic rings. The zero-order valence-electron chi connectivity index (χ0n) is 13.0. The molecule has 2 heterocycles. The molecule has 0 radical (unpaired) electrons. The van der Waals surface area contributed by atoms with Gasteiger partial charge >= 0.3 is 0 Å². The van der Waals surface area contributed by atoms with Crippen LogP contribution in [0.2, 0.25) is 0 Å². The van der Waals surface area contributed by atoms with Crippen LogP contribution in [0.15, 0.2) is 0 Å². The zero-order chi connectivity index (χ0) is 14.5. The van der Waals surface area contributed by atoms with Gasteiger partial charge in [-0.2, -0.15) is 0 Å². The van der Waals surface area contributed by atoms with Crippen molar-refractivity contribution in [2.75, 3.05) is 19.8 Å². The van der Waals surface area contributed by atoms with E-state index in [4.69, 9.17) is 0 Å². The average molecular weight is 279 g/mol. The Hall–Kier alpha value is -0.900. The quantitative estimate of drug-likeness (QED) is 0.761. The van der Waals surface area contributed by atoms with Crippen LogP contribution in [0, 0.1) is 16.7 Å². The van der Waals surface area contributed by atoms with Gasteiger partial charge in [-0.3, -0.25) is 9.59 Å². The van der Waals surface area contributed by atoms with Gasteiger partial charge in [0, 0.05) is 5.92 Å². The van der Waals surface area contributed by atoms with Crippen molar-refractivity contribution in [3.63, 3.8) is 0 Å². The number of carbonyl (C=O) groups is 2. The summed E-state index contributed by atoms with van der Waals surface area (Å²) in [6.07, 6.45) is 5.47. The Morgan fingerprint density at radius 2 is 1.80 bits per heavy atom. The number of quaternary nitrogens is 1. The summed E-state index contributed by atoms with van der Waals surface area (Å²) in [4.78, 5) is 28.6. The SMILES string of the molecule is CC1(C)[C@H]2CC[C@]1(C)C(=O)N(C[NH+]1CCCCC1)C2=O. The van der Waals surface area contributed by atoms with Crippen molar-refractivity contribution >= 4 is 11.8 Å². The summed E-state index contributed by atoms with van der Waals surface area (Å²) in [6, 6.07) is 0. The van der Waals surface area contributed by atoms with Crippen LogP contribution in [0.4, 0.5) is 0 Å². The molecular weight excluding hydrogens is 252 g/mol. The Bertz CT molecular complexity index is 440. The highest BCUT2D eigenvalue weighted by Gasteiger charge is 2.64. The molecule has 2 atom stereocenters. The highest BCUT2D eigenvalue weighted by molar-refractivity contribution is 6.03. The molecule has 2 saturated heterocycles. The molecule has 0 aromatic heterocycles. The van der Waals surface area contributed by atoms with E-state index in [1.807, 2.05) is 0 Å². The fraction of sp³-hybridized carbons (Fsp3) is 0.875. The highest BCUT2D eigenvalue weighted by atomic mass is 16.2. The van der Waals surface area contributed by atoms with E-state index < -0.39 is 0 Å². The molecule has 0 spiro atoms. The third-order valence-corrected chi connectivity index (χ3v) is 6.45. The Kier molecular flexibility index (Phi) is 3.20. The van der Waals surface area contributed by atoms with Crippen LogP contribution in [0.3, 0.4) is 0 Å². The number of carbonyl (C=O) groups excluding carboxylic acids is 2. The van der Waals surface area contributed by atoms with E-state index in [2.05, 4.69) is 20.8 Å². The number of imide groups is 1. The molecule has 3 fully saturated rings. The lowest BCUT2D eigenvalue weighted by Crippen LogP contribution is -3.14. The molecule has 0 aromatic carbocycles. The van der Waals surface area contributed by atoms with Crippen molar-refractivity contribution in [3.05, 3.63) is 0 Å². The Labute approximate surface area is 121 Å². The molecule has 20 heavy (non-hydrogen) atoms. The van der Waals surface area contributed by atoms with Gasteiger partial charge in [0.1, 0.15) is 0 Å². The third-order valence-electron chi connectivity index (χ3n) is 6.45. The summed E-state index contributed by atoms with van der Waals surface area (Å²) in [5.41, 5.74) is -0.532. The summed E-state index contributed by atoms with van der Waals surface area (Å²) in [5.74, 6) is 0.210. The highest BCUT2D eigenvalue weighted by Crippen LogP contribution is 2.59. The number of amides is 2. The first kappa shape index (κ1) is 14.1. The summed E-state index contributed by atoms with van der Waals surface area (Å²) in [7, 11) is 0. The predicted octanol–water partition coefficient (Wildman–Crippen LogP) is 0.824. The molecule has 0 aromatic rings. The molecule has 1 N–H and O–H groups in total. The predicted molar refractivity (Wildman–Crippen MR) is 75.9 cm³/mol. The molecule has 2 bridgehead atoms. The zero-order valence-corrected chi connectivity index (χ0v) is 13.0. The van der Waals surface area contributed by atoms with E-state index in [1.165, 1.54) is 24.2 Å². The van der Waals surface area contributed by atoms with E-state index in [0.29, 0.717) is 6.67 Å². The lowest BCUT2D eigenvalue weighted by atomic mass is 9.62. The van der Waals surface area contributed by atoms with Crippen molar-refractivity contribution < 1.29 is 14.5 Å². The fourth-order valence-corrected chi connectivity index (χ4v) is 4.48. The lowest BCUT2D eigenvalue weighted by Gasteiger charge is -2.47. The van der Waals surface area contributed by atoms with Gasteiger partial charge in [0.15, 0.2) is 6.67 Å². The maximum atomic E-state index is 12.9. The topological polar surface area (TPSA) is 41.8 Å². The average Bonchev–Trinajstić information content (AvgIpc) is 2.61. The Balaban J connectivity index is 1.83. The molecule has 2 aliphatic heterocycles. The van der Waals surface area contributed by atoms with Gasteiger partial charge < -0.3 is 4.90 Å². The number of nitrogens with one attached hydrogen (secondary N) is 1. The monoisotopic (exact) mass is 279 g/mol. The second-order valence-corrected chi connectivity index (χ2v) is 7.69. The van der Waals surface area contributed by atoms with E-state index in [0.717, 1.165) is 25.9 Å². The summed E-state index contributed by atoms with van der Waals surface area (Å²) in [6.45, 7) is 9.07. The normalized spacial score (nSPS) is 37.5. The second-order valence-electron chi connectivity index (χ2n) is 7.69. The van der Waals surface area contributed by atoms with Gasteiger partial charge in [-0.15, -0.1) is 0 Å². The number of fused-ring (bicyclic) bond motifs is 2. The van der Waals surface area contributed by atoms with Crippen LogP contribution in [-0.2, 0) is 9.59 Å². The van der Waals surface area contributed by atoms with Gasteiger partial charge in [-0.25, -0.2) is 4.90 Å². The fourth-order valence-electron chi connectivity index (χ4n) is 4.48. The number of nitrogens with zero attached hydrogens (tertiary/aromatic N) is 1. The third kappa shape index (κ3) is 1.77. The molecule has 3 rings (SSSR count). The molecule has 1 aliphatic carbocycles. The molecule has 4 nitrogen and oxygen atoms in total. The largest absolute Gasteiger partial charge is 0.317 e. The van der Waals surface area contributed by atoms with Gasteiger partial charge in [-0.1, -0.05) is 20.8 Å². The number of hydrogen-bond donors (Lipinski definition) is 1. The first-order chi connectivity index (χ1) is 9.38. The van der Waals surface area contributed by atoms with Gasteiger partial charge in [0.2, 0.25) is 11.8 Å². The van der Waals surface area contributed by atoms with Crippen LogP contribution in [-0.4, -0.2) is 36.5 Å². The van der Waals surface area contributed by atoms with Crippen molar-refractivity contribution in [1.29, 1.82) is 0 Å². The smallest absolute Gasteiger partial charge is 0.240 e. The molecular formula is C16H27N2O2+. The molecule has 2 amide bonds. The first-order valence-electron chi connectivity index (χ1n) is 8.07. The standard InChI is InChI=1S/C16H26N2O2/c1-15(2)12-7-8-16(15,3)14(20)18(13(12)19)11-17-9-5-4-6-10-17/h12H,4-11H2,1-3H3/p+1/t12-,16+/m0/s1. The minimum atomic E-state index is -0.346. The summed E-state index contributed by atoms with van der Waals surface area (Å²) >= 11 is 0. The first-order valence-corrected chi connectivity index (χ1v) is 8.07. The molecule has 1 saturated carbocycles. The van der Waals surface area contributed by atoms with Crippen LogP contribution in [0.1, 0.15) is 52.9 Å². The van der Waals surface area contributed by atoms with Crippen molar-refractivity contribution in [2.24, 2.45) is 16.7 Å². The van der Waals surface area contributed by atoms with Gasteiger partial charge in [-0.05, 0) is 37.5 Å². The van der Waals surface area contributed by atoms with Crippen LogP contribution in [0.5, 0.6) is 0 Å². The minimum absolute atomic E-state index is 0.0365. The molecule has 0 unspecified atom stereocenters. The molecule has 112 valence electrons. The minimum Gasteiger partial charge on any atom is -0.317 e. The van der Waals surface area contributed by atoms with Crippen LogP contribution >= 0.6 is 0 Å². The summed E-state index contributed by atoms with van der Waals surface area (Å²) in [5, 5.41) is 0. The van der Waals surface area contributed by atoms with Gasteiger partial charge in [0.05, 0.1) is 18.5 Å². The number of rotatable bonds is 2. The number of likely N-dealkylation sites (tertiary alicyclic amines) is 2. The van der Waals surface area contributed by atoms with Crippen LogP contribution < -0.4 is 4.90 Å². The number of piperidine rings is 2. The van der Waals surface area contributed by atoms with E-state index in [-0.39, 0.29) is 28.6 Å². The van der Waals surface area contributed by atoms with Crippen LogP contribution in [0.25, 0.3) is 0 Å². The van der Waals surface area contributed by atoms with Crippen molar-refractivity contribution in [1.82, 2.24) is 4.90 Å². The lowest BCUT2D eigenvalue weighted by molar-refractivity contribution is -0.912. The maximum Gasteiger partial charge on any atom is 0.240 e. The van der Waals surface area contributed by atoms with Gasteiger partial charge in [0.25, 0.3) is 0 Å². The summed E-state index contributed by atoms with van der Waals surface area (Å²) < 4.78 is 0. The van der Waals surface area contributed by atoms with E-state index >= 15 is 0 Å². The Morgan fingerprint density at radius 1 is 1.15 bits per heavy atom.